The number of nitrogens with two attached hydrogens (primary N) is 8. The van der Waals surface area contributed by atoms with E-state index >= 15 is 0 Å². The summed E-state index contributed by atoms with van der Waals surface area (Å²) >= 11 is 0. The smallest absolute Gasteiger partial charge is 0.334 e. The number of amides is 1. The average Bonchev–Trinajstić information content (AvgIpc) is 3.01. The van der Waals surface area contributed by atoms with Gasteiger partial charge < -0.3 is 85.6 Å². The molecule has 0 aromatic carbocycles. The molecular formula is C25H50N8O16. The average molecular weight is 719 g/mol. The molecule has 0 unspecified atom stereocenters. The van der Waals surface area contributed by atoms with Crippen molar-refractivity contribution < 1.29 is 78.1 Å². The Bertz CT molecular complexity index is 1080. The monoisotopic (exact) mass is 718 g/mol. The van der Waals surface area contributed by atoms with Gasteiger partial charge in [0.15, 0.2) is 0 Å². The van der Waals surface area contributed by atoms with Crippen LogP contribution in [0.2, 0.25) is 0 Å². The van der Waals surface area contributed by atoms with E-state index in [0.717, 1.165) is 0 Å². The summed E-state index contributed by atoms with van der Waals surface area (Å²) in [6, 6.07) is -7.30. The third kappa shape index (κ3) is 27.3. The zero-order valence-electron chi connectivity index (χ0n) is 27.4. The summed E-state index contributed by atoms with van der Waals surface area (Å²) in [4.78, 5) is 85.6. The number of aliphatic hydroxyl groups is 2. The van der Waals surface area contributed by atoms with E-state index in [4.69, 9.17) is 75.1 Å². The second-order valence-electron chi connectivity index (χ2n) is 9.81. The molecule has 0 spiro atoms. The third-order valence-corrected chi connectivity index (χ3v) is 5.23. The fourth-order valence-corrected chi connectivity index (χ4v) is 2.03. The highest BCUT2D eigenvalue weighted by molar-refractivity contribution is 5.91. The van der Waals surface area contributed by atoms with E-state index < -0.39 is 109 Å². The summed E-state index contributed by atoms with van der Waals surface area (Å²) in [5.41, 5.74) is 41.0. The predicted molar refractivity (Wildman–Crippen MR) is 165 cm³/mol. The van der Waals surface area contributed by atoms with Crippen molar-refractivity contribution in [2.75, 3.05) is 13.2 Å². The van der Waals surface area contributed by atoms with Gasteiger partial charge in [-0.3, -0.25) is 28.8 Å². The largest absolute Gasteiger partial charge is 0.480 e. The maximum absolute atomic E-state index is 12.0. The van der Waals surface area contributed by atoms with E-state index in [-0.39, 0.29) is 19.4 Å². The molecule has 0 rings (SSSR count). The van der Waals surface area contributed by atoms with Crippen LogP contribution in [-0.4, -0.2) is 141 Å². The first-order valence-corrected chi connectivity index (χ1v) is 13.9. The summed E-state index contributed by atoms with van der Waals surface area (Å²) in [5.74, 6) is -7.93. The van der Waals surface area contributed by atoms with Gasteiger partial charge in [0.2, 0.25) is 5.91 Å². The van der Waals surface area contributed by atoms with Crippen LogP contribution in [0, 0.1) is 0 Å². The Kier molecular flexibility index (Phi) is 28.9. The van der Waals surface area contributed by atoms with Gasteiger partial charge in [0.05, 0.1) is 19.3 Å². The first-order valence-electron chi connectivity index (χ1n) is 13.9. The van der Waals surface area contributed by atoms with Gasteiger partial charge in [0, 0.05) is 6.42 Å². The molecule has 0 heterocycles. The molecule has 0 saturated carbocycles. The molecule has 9 atom stereocenters. The number of carbonyl (C=O) groups is 8. The van der Waals surface area contributed by atoms with Crippen LogP contribution in [0.25, 0.3) is 0 Å². The van der Waals surface area contributed by atoms with Gasteiger partial charge in [-0.05, 0) is 34.1 Å². The Morgan fingerprint density at radius 3 is 1.33 bits per heavy atom. The molecule has 24 nitrogen and oxygen atoms in total. The van der Waals surface area contributed by atoms with Crippen molar-refractivity contribution >= 4 is 47.7 Å². The number of esters is 4. The number of rotatable bonds is 16. The molecule has 0 bridgehead atoms. The molecule has 0 aromatic heterocycles. The molecule has 21 N–H and O–H groups in total. The lowest BCUT2D eigenvalue weighted by atomic mass is 10.1. The molecule has 0 radical (unpaired) electrons. The Morgan fingerprint density at radius 1 is 0.633 bits per heavy atom. The van der Waals surface area contributed by atoms with Crippen molar-refractivity contribution in [2.45, 2.75) is 95.1 Å². The van der Waals surface area contributed by atoms with Gasteiger partial charge in [-0.25, -0.2) is 9.59 Å². The van der Waals surface area contributed by atoms with Crippen molar-refractivity contribution in [1.29, 1.82) is 0 Å². The van der Waals surface area contributed by atoms with Crippen LogP contribution in [0.1, 0.15) is 40.5 Å². The Balaban J connectivity index is -0.000000355. The Hall–Kier alpha value is -4.40. The fourth-order valence-electron chi connectivity index (χ4n) is 2.03. The lowest BCUT2D eigenvalue weighted by Crippen LogP contribution is -2.50. The van der Waals surface area contributed by atoms with E-state index in [2.05, 4.69) is 10.5 Å². The fraction of sp³-hybridized carbons (Fsp3) is 0.680. The topological polar surface area (TPSA) is 474 Å². The summed E-state index contributed by atoms with van der Waals surface area (Å²) < 4.78 is 14.2. The highest BCUT2D eigenvalue weighted by atomic mass is 16.6. The van der Waals surface area contributed by atoms with Crippen molar-refractivity contribution in [1.82, 2.24) is 0 Å². The van der Waals surface area contributed by atoms with Gasteiger partial charge in [-0.15, -0.1) is 0 Å². The molecular weight excluding hydrogens is 668 g/mol. The highest BCUT2D eigenvalue weighted by Gasteiger charge is 2.33. The van der Waals surface area contributed by atoms with E-state index in [0.29, 0.717) is 0 Å². The molecule has 0 saturated heterocycles. The molecule has 49 heavy (non-hydrogen) atoms. The van der Waals surface area contributed by atoms with Crippen molar-refractivity contribution in [3.8, 4) is 0 Å². The molecule has 0 aliphatic rings. The van der Waals surface area contributed by atoms with E-state index in [1.807, 2.05) is 0 Å². The number of carboxylic acid groups (broad SMARTS) is 3. The van der Waals surface area contributed by atoms with Crippen molar-refractivity contribution in [2.24, 2.45) is 45.9 Å². The second-order valence-corrected chi connectivity index (χ2v) is 9.81. The Labute approximate surface area is 280 Å². The van der Waals surface area contributed by atoms with Crippen LogP contribution < -0.4 is 45.9 Å². The minimum atomic E-state index is -1.51. The Morgan fingerprint density at radius 2 is 1.04 bits per heavy atom. The quantitative estimate of drug-likeness (QED) is 0.0400. The molecule has 0 fully saturated rings. The highest BCUT2D eigenvalue weighted by Crippen LogP contribution is 2.06. The van der Waals surface area contributed by atoms with Crippen LogP contribution in [0.5, 0.6) is 0 Å². The van der Waals surface area contributed by atoms with E-state index in [1.165, 1.54) is 27.7 Å². The van der Waals surface area contributed by atoms with Gasteiger partial charge in [0.1, 0.15) is 48.5 Å². The maximum atomic E-state index is 12.0. The normalized spacial score (nSPS) is 15.6. The molecule has 286 valence electrons. The first-order chi connectivity index (χ1) is 22.3. The van der Waals surface area contributed by atoms with Gasteiger partial charge >= 0.3 is 41.8 Å². The molecule has 24 heteroatoms. The van der Waals surface area contributed by atoms with Gasteiger partial charge in [-0.1, -0.05) is 0 Å². The van der Waals surface area contributed by atoms with E-state index in [1.54, 1.807) is 0 Å². The van der Waals surface area contributed by atoms with Gasteiger partial charge in [0.25, 0.3) is 0 Å². The second kappa shape index (κ2) is 27.5. The zero-order chi connectivity index (χ0) is 39.8. The number of carboxylic acids is 3. The molecule has 0 aliphatic heterocycles. The molecule has 1 amide bonds. The predicted octanol–water partition coefficient (Wildman–Crippen LogP) is -7.29. The minimum absolute atomic E-state index is 0.0213. The van der Waals surface area contributed by atoms with Crippen LogP contribution in [0.15, 0.2) is 0 Å². The van der Waals surface area contributed by atoms with Crippen molar-refractivity contribution in [3.63, 3.8) is 0 Å². The number of ether oxygens (including phenoxy) is 3. The SMILES string of the molecule is C[C@@H](O)[C@H](N)C(=O)O.C[C@H](N)C(=O)O[C@H](C)[C@H](N)C(=O)O[C@H](C)[C@H](N)C(=O)OC(=O)[C@@H](N)CO.NC(=O)CC[C@H](N)C(=O)O.NCC(=O)O. The maximum Gasteiger partial charge on any atom is 0.334 e. The van der Waals surface area contributed by atoms with Gasteiger partial charge in [-0.2, -0.15) is 0 Å². The lowest BCUT2D eigenvalue weighted by Gasteiger charge is -2.24. The van der Waals surface area contributed by atoms with Crippen LogP contribution in [-0.2, 0) is 52.6 Å². The zero-order valence-corrected chi connectivity index (χ0v) is 27.4. The summed E-state index contributed by atoms with van der Waals surface area (Å²) in [6.45, 7) is 4.36. The van der Waals surface area contributed by atoms with Crippen molar-refractivity contribution in [3.05, 3.63) is 0 Å². The lowest BCUT2D eigenvalue weighted by molar-refractivity contribution is -0.166. The number of aliphatic carboxylic acids is 3. The summed E-state index contributed by atoms with van der Waals surface area (Å²) in [6.07, 6.45) is -3.11. The summed E-state index contributed by atoms with van der Waals surface area (Å²) in [5, 5.41) is 41.1. The third-order valence-electron chi connectivity index (χ3n) is 5.23. The van der Waals surface area contributed by atoms with Crippen LogP contribution in [0.4, 0.5) is 0 Å². The molecule has 0 aromatic rings. The number of hydrogen-bond acceptors (Lipinski definition) is 20. The number of hydrogen-bond donors (Lipinski definition) is 13. The first kappa shape index (κ1) is 51.4. The van der Waals surface area contributed by atoms with Crippen LogP contribution in [0.3, 0.4) is 0 Å². The minimum Gasteiger partial charge on any atom is -0.480 e. The van der Waals surface area contributed by atoms with E-state index in [9.17, 15) is 38.4 Å². The standard InChI is InChI=1S/C14H26N4O8.C5H10N2O3.C4H9NO3.C2H5NO2/c1-5(15)11(20)24-6(2)9(17)13(22)25-7(3)10(18)14(23)26-12(21)8(16)4-19;6-3(5(9)10)1-2-4(7)8;1-2(6)3(5)4(7)8;3-1-2(4)5/h5-10,19H,4,15-18H2,1-3H3;3H,1-2,6H2,(H2,7,8)(H,9,10);2-3,6H,5H2,1H3,(H,7,8);1,3H2,(H,4,5)/t5-,6+,7+,8-,9-,10-;3-;2-,3+;/m001./s1. The molecule has 0 aliphatic carbocycles. The summed E-state index contributed by atoms with van der Waals surface area (Å²) in [7, 11) is 0. The van der Waals surface area contributed by atoms with Crippen LogP contribution >= 0.6 is 0 Å². The number of carbonyl (C=O) groups excluding carboxylic acids is 5. The number of primary amides is 1. The number of aliphatic hydroxyl groups excluding tert-OH is 2.